The number of hydrogen-bond donors (Lipinski definition) is 1. The van der Waals surface area contributed by atoms with Crippen LogP contribution < -0.4 is 5.32 Å². The summed E-state index contributed by atoms with van der Waals surface area (Å²) in [5, 5.41) is 2.54. The van der Waals surface area contributed by atoms with E-state index in [4.69, 9.17) is 0 Å². The van der Waals surface area contributed by atoms with Crippen molar-refractivity contribution in [1.82, 2.24) is 5.32 Å². The summed E-state index contributed by atoms with van der Waals surface area (Å²) in [5.41, 5.74) is 1.04. The molecule has 19 heavy (non-hydrogen) atoms. The lowest BCUT2D eigenvalue weighted by Gasteiger charge is -2.14. The third-order valence-corrected chi connectivity index (χ3v) is 2.37. The molecule has 6 heteroatoms. The number of carbonyl (C=O) groups excluding carboxylic acids is 3. The fraction of sp³-hybridized carbons (Fsp3) is 0.615. The summed E-state index contributed by atoms with van der Waals surface area (Å²) < 4.78 is 9.05. The summed E-state index contributed by atoms with van der Waals surface area (Å²) >= 11 is 0. The van der Waals surface area contributed by atoms with Crippen molar-refractivity contribution >= 4 is 17.8 Å². The number of methoxy groups -OCH3 is 2. The van der Waals surface area contributed by atoms with Gasteiger partial charge >= 0.3 is 11.9 Å². The first-order chi connectivity index (χ1) is 8.90. The zero-order valence-electron chi connectivity index (χ0n) is 11.8. The number of amides is 1. The molecule has 0 saturated carbocycles. The monoisotopic (exact) mass is 271 g/mol. The lowest BCUT2D eigenvalue weighted by atomic mass is 10.1. The third kappa shape index (κ3) is 7.96. The average molecular weight is 271 g/mol. The van der Waals surface area contributed by atoms with Crippen molar-refractivity contribution in [3.63, 3.8) is 0 Å². The second-order valence-electron chi connectivity index (χ2n) is 4.24. The average Bonchev–Trinajstić information content (AvgIpc) is 2.39. The molecule has 0 aromatic carbocycles. The summed E-state index contributed by atoms with van der Waals surface area (Å²) in [6, 6.07) is -0.731. The minimum atomic E-state index is -0.731. The van der Waals surface area contributed by atoms with Crippen LogP contribution >= 0.6 is 0 Å². The zero-order chi connectivity index (χ0) is 14.8. The predicted octanol–water partition coefficient (Wildman–Crippen LogP) is 0.954. The highest BCUT2D eigenvalue weighted by Crippen LogP contribution is 2.02. The number of carbonyl (C=O) groups is 3. The van der Waals surface area contributed by atoms with Crippen LogP contribution in [-0.4, -0.2) is 38.1 Å². The van der Waals surface area contributed by atoms with Crippen molar-refractivity contribution in [2.75, 3.05) is 14.2 Å². The molecule has 1 atom stereocenters. The maximum absolute atomic E-state index is 11.6. The highest BCUT2D eigenvalue weighted by Gasteiger charge is 2.20. The quantitative estimate of drug-likeness (QED) is 0.551. The first-order valence-corrected chi connectivity index (χ1v) is 5.98. The third-order valence-electron chi connectivity index (χ3n) is 2.37. The van der Waals surface area contributed by atoms with Gasteiger partial charge in [0.15, 0.2) is 0 Å². The van der Waals surface area contributed by atoms with E-state index in [1.165, 1.54) is 14.2 Å². The molecule has 0 aromatic heterocycles. The van der Waals surface area contributed by atoms with Gasteiger partial charge in [0.2, 0.25) is 5.91 Å². The van der Waals surface area contributed by atoms with E-state index in [1.54, 1.807) is 0 Å². The molecular weight excluding hydrogens is 250 g/mol. The van der Waals surface area contributed by atoms with Gasteiger partial charge in [-0.15, -0.1) is 0 Å². The minimum Gasteiger partial charge on any atom is -0.469 e. The Morgan fingerprint density at radius 2 is 1.74 bits per heavy atom. The van der Waals surface area contributed by atoms with Gasteiger partial charge in [0.1, 0.15) is 6.04 Å². The molecule has 0 unspecified atom stereocenters. The van der Waals surface area contributed by atoms with E-state index in [-0.39, 0.29) is 18.7 Å². The number of nitrogens with one attached hydrogen (secondary N) is 1. The fourth-order valence-corrected chi connectivity index (χ4v) is 1.29. The summed E-state index contributed by atoms with van der Waals surface area (Å²) in [5.74, 6) is -1.36. The van der Waals surface area contributed by atoms with Crippen LogP contribution in [0.4, 0.5) is 0 Å². The van der Waals surface area contributed by atoms with Crippen molar-refractivity contribution in [3.8, 4) is 0 Å². The molecular formula is C13H21NO5. The van der Waals surface area contributed by atoms with E-state index in [2.05, 4.69) is 14.8 Å². The van der Waals surface area contributed by atoms with Crippen LogP contribution in [0.1, 0.15) is 33.1 Å². The number of ether oxygens (including phenoxy) is 2. The molecule has 0 heterocycles. The van der Waals surface area contributed by atoms with E-state index in [1.807, 2.05) is 19.9 Å². The first kappa shape index (κ1) is 17.2. The van der Waals surface area contributed by atoms with Crippen molar-refractivity contribution in [2.24, 2.45) is 0 Å². The van der Waals surface area contributed by atoms with Crippen molar-refractivity contribution in [1.29, 1.82) is 0 Å². The van der Waals surface area contributed by atoms with Gasteiger partial charge in [-0.05, 0) is 20.3 Å². The summed E-state index contributed by atoms with van der Waals surface area (Å²) in [6.07, 6.45) is 2.16. The van der Waals surface area contributed by atoms with Gasteiger partial charge in [0, 0.05) is 6.42 Å². The molecule has 1 N–H and O–H groups in total. The number of rotatable bonds is 7. The SMILES string of the molecule is COC(=O)CCC(=O)N[C@H](CC=C(C)C)C(=O)OC. The van der Waals surface area contributed by atoms with Gasteiger partial charge in [-0.3, -0.25) is 9.59 Å². The van der Waals surface area contributed by atoms with Gasteiger partial charge in [0.25, 0.3) is 0 Å². The molecule has 108 valence electrons. The summed E-state index contributed by atoms with van der Waals surface area (Å²) in [7, 11) is 2.52. The summed E-state index contributed by atoms with van der Waals surface area (Å²) in [4.78, 5) is 34.0. The van der Waals surface area contributed by atoms with Gasteiger partial charge in [-0.1, -0.05) is 11.6 Å². The lowest BCUT2D eigenvalue weighted by Crippen LogP contribution is -2.41. The fourth-order valence-electron chi connectivity index (χ4n) is 1.29. The maximum atomic E-state index is 11.6. The van der Waals surface area contributed by atoms with Gasteiger partial charge in [-0.2, -0.15) is 0 Å². The molecule has 0 fully saturated rings. The molecule has 1 amide bonds. The van der Waals surface area contributed by atoms with E-state index in [0.29, 0.717) is 6.42 Å². The van der Waals surface area contributed by atoms with Crippen molar-refractivity contribution in [2.45, 2.75) is 39.2 Å². The van der Waals surface area contributed by atoms with Crippen LogP contribution in [-0.2, 0) is 23.9 Å². The highest BCUT2D eigenvalue weighted by atomic mass is 16.5. The molecule has 0 saturated heterocycles. The largest absolute Gasteiger partial charge is 0.469 e. The Labute approximate surface area is 113 Å². The smallest absolute Gasteiger partial charge is 0.328 e. The normalized spacial score (nSPS) is 11.2. The van der Waals surface area contributed by atoms with E-state index in [9.17, 15) is 14.4 Å². The van der Waals surface area contributed by atoms with E-state index >= 15 is 0 Å². The standard InChI is InChI=1S/C13H21NO5/c1-9(2)5-6-10(13(17)19-4)14-11(15)7-8-12(16)18-3/h5,10H,6-8H2,1-4H3,(H,14,15)/t10-/m1/s1. The second-order valence-corrected chi connectivity index (χ2v) is 4.24. The lowest BCUT2D eigenvalue weighted by molar-refractivity contribution is -0.145. The Bertz CT molecular complexity index is 358. The number of hydrogen-bond acceptors (Lipinski definition) is 5. The Hall–Kier alpha value is -1.85. The Morgan fingerprint density at radius 3 is 2.21 bits per heavy atom. The Morgan fingerprint density at radius 1 is 1.11 bits per heavy atom. The second kappa shape index (κ2) is 9.13. The van der Waals surface area contributed by atoms with Crippen LogP contribution in [0.15, 0.2) is 11.6 Å². The van der Waals surface area contributed by atoms with Gasteiger partial charge in [0.05, 0.1) is 20.6 Å². The van der Waals surface area contributed by atoms with E-state index < -0.39 is 18.0 Å². The van der Waals surface area contributed by atoms with Crippen molar-refractivity contribution < 1.29 is 23.9 Å². The molecule has 0 aliphatic heterocycles. The minimum absolute atomic E-state index is 0.0150. The Balaban J connectivity index is 4.39. The van der Waals surface area contributed by atoms with Crippen LogP contribution in [0.5, 0.6) is 0 Å². The van der Waals surface area contributed by atoms with Crippen LogP contribution in [0.25, 0.3) is 0 Å². The van der Waals surface area contributed by atoms with Gasteiger partial charge < -0.3 is 14.8 Å². The number of allylic oxidation sites excluding steroid dienone is 1. The molecule has 0 radical (unpaired) electrons. The maximum Gasteiger partial charge on any atom is 0.328 e. The van der Waals surface area contributed by atoms with Crippen molar-refractivity contribution in [3.05, 3.63) is 11.6 Å². The Kier molecular flexibility index (Phi) is 8.24. The molecule has 0 aromatic rings. The highest BCUT2D eigenvalue weighted by molar-refractivity contribution is 5.86. The van der Waals surface area contributed by atoms with Crippen LogP contribution in [0, 0.1) is 0 Å². The molecule has 0 aliphatic carbocycles. The molecule has 0 aliphatic rings. The first-order valence-electron chi connectivity index (χ1n) is 5.98. The van der Waals surface area contributed by atoms with Crippen LogP contribution in [0.2, 0.25) is 0 Å². The zero-order valence-corrected chi connectivity index (χ0v) is 11.8. The number of esters is 2. The topological polar surface area (TPSA) is 81.7 Å². The van der Waals surface area contributed by atoms with Crippen LogP contribution in [0.3, 0.4) is 0 Å². The summed E-state index contributed by atoms with van der Waals surface area (Å²) in [6.45, 7) is 3.79. The van der Waals surface area contributed by atoms with E-state index in [0.717, 1.165) is 5.57 Å². The van der Waals surface area contributed by atoms with Gasteiger partial charge in [-0.25, -0.2) is 4.79 Å². The molecule has 6 nitrogen and oxygen atoms in total. The molecule has 0 rings (SSSR count). The predicted molar refractivity (Wildman–Crippen MR) is 69.2 cm³/mol. The molecule has 0 spiro atoms. The molecule has 0 bridgehead atoms.